The van der Waals surface area contributed by atoms with Gasteiger partial charge in [-0.3, -0.25) is 9.88 Å². The molecule has 2 aromatic heterocycles. The third-order valence-electron chi connectivity index (χ3n) is 3.16. The minimum absolute atomic E-state index is 0.246. The van der Waals surface area contributed by atoms with Crippen molar-refractivity contribution in [2.75, 3.05) is 13.1 Å². The van der Waals surface area contributed by atoms with Crippen LogP contribution in [-0.2, 0) is 6.54 Å². The van der Waals surface area contributed by atoms with Gasteiger partial charge >= 0.3 is 0 Å². The Labute approximate surface area is 110 Å². The third-order valence-corrected chi connectivity index (χ3v) is 3.16. The highest BCUT2D eigenvalue weighted by Gasteiger charge is 2.19. The van der Waals surface area contributed by atoms with Crippen molar-refractivity contribution in [2.45, 2.75) is 25.4 Å². The normalized spacial score (nSPS) is 20.6. The van der Waals surface area contributed by atoms with E-state index < -0.39 is 0 Å². The van der Waals surface area contributed by atoms with Gasteiger partial charge in [-0.15, -0.1) is 0 Å². The number of hydrogen-bond donors (Lipinski definition) is 1. The van der Waals surface area contributed by atoms with Crippen molar-refractivity contribution < 1.29 is 4.52 Å². The maximum absolute atomic E-state index is 5.95. The van der Waals surface area contributed by atoms with Crippen molar-refractivity contribution in [2.24, 2.45) is 5.73 Å². The SMILES string of the molecule is NC1CCCN(Cc2nc(-c3cnccn3)no2)C1. The van der Waals surface area contributed by atoms with Crippen molar-refractivity contribution in [3.8, 4) is 11.5 Å². The number of nitrogens with two attached hydrogens (primary N) is 1. The van der Waals surface area contributed by atoms with E-state index in [-0.39, 0.29) is 6.04 Å². The number of hydrogen-bond acceptors (Lipinski definition) is 7. The second-order valence-electron chi connectivity index (χ2n) is 4.74. The van der Waals surface area contributed by atoms with Gasteiger partial charge in [-0.05, 0) is 19.4 Å². The molecule has 1 unspecified atom stereocenters. The van der Waals surface area contributed by atoms with Crippen LogP contribution >= 0.6 is 0 Å². The summed E-state index contributed by atoms with van der Waals surface area (Å²) in [5.41, 5.74) is 6.57. The van der Waals surface area contributed by atoms with Gasteiger partial charge in [0.05, 0.1) is 12.7 Å². The van der Waals surface area contributed by atoms with Crippen molar-refractivity contribution in [1.29, 1.82) is 0 Å². The number of nitrogens with zero attached hydrogens (tertiary/aromatic N) is 5. The van der Waals surface area contributed by atoms with Gasteiger partial charge in [-0.2, -0.15) is 4.98 Å². The first-order chi connectivity index (χ1) is 9.31. The fourth-order valence-electron chi connectivity index (χ4n) is 2.26. The molecule has 0 amide bonds. The van der Waals surface area contributed by atoms with E-state index in [0.717, 1.165) is 25.9 Å². The van der Waals surface area contributed by atoms with E-state index in [9.17, 15) is 0 Å². The highest BCUT2D eigenvalue weighted by molar-refractivity contribution is 5.45. The highest BCUT2D eigenvalue weighted by Crippen LogP contribution is 2.14. The lowest BCUT2D eigenvalue weighted by molar-refractivity contribution is 0.178. The van der Waals surface area contributed by atoms with Gasteiger partial charge in [0.15, 0.2) is 0 Å². The largest absolute Gasteiger partial charge is 0.337 e. The summed E-state index contributed by atoms with van der Waals surface area (Å²) in [6.45, 7) is 2.54. The Morgan fingerprint density at radius 3 is 3.16 bits per heavy atom. The molecule has 7 nitrogen and oxygen atoms in total. The van der Waals surface area contributed by atoms with E-state index in [4.69, 9.17) is 10.3 Å². The molecule has 0 radical (unpaired) electrons. The quantitative estimate of drug-likeness (QED) is 0.856. The topological polar surface area (TPSA) is 94.0 Å². The summed E-state index contributed by atoms with van der Waals surface area (Å²) in [7, 11) is 0. The number of rotatable bonds is 3. The van der Waals surface area contributed by atoms with Crippen LogP contribution in [-0.4, -0.2) is 44.1 Å². The predicted molar refractivity (Wildman–Crippen MR) is 67.8 cm³/mol. The zero-order valence-corrected chi connectivity index (χ0v) is 10.6. The Balaban J connectivity index is 1.68. The summed E-state index contributed by atoms with van der Waals surface area (Å²) >= 11 is 0. The molecule has 3 rings (SSSR count). The molecule has 1 atom stereocenters. The van der Waals surface area contributed by atoms with Gasteiger partial charge in [0, 0.05) is 25.0 Å². The molecule has 1 aliphatic rings. The van der Waals surface area contributed by atoms with E-state index in [1.807, 2.05) is 0 Å². The second-order valence-corrected chi connectivity index (χ2v) is 4.74. The van der Waals surface area contributed by atoms with Crippen LogP contribution in [0, 0.1) is 0 Å². The summed E-state index contributed by atoms with van der Waals surface area (Å²) in [5.74, 6) is 1.07. The Kier molecular flexibility index (Phi) is 3.47. The van der Waals surface area contributed by atoms with Crippen molar-refractivity contribution in [3.63, 3.8) is 0 Å². The zero-order valence-electron chi connectivity index (χ0n) is 10.6. The lowest BCUT2D eigenvalue weighted by Crippen LogP contribution is -2.42. The molecule has 0 spiro atoms. The Morgan fingerprint density at radius 1 is 1.42 bits per heavy atom. The summed E-state index contributed by atoms with van der Waals surface area (Å²) in [4.78, 5) is 14.7. The van der Waals surface area contributed by atoms with E-state index in [1.165, 1.54) is 0 Å². The first-order valence-electron chi connectivity index (χ1n) is 6.38. The fraction of sp³-hybridized carbons (Fsp3) is 0.500. The van der Waals surface area contributed by atoms with Gasteiger partial charge < -0.3 is 10.3 Å². The molecule has 1 fully saturated rings. The molecule has 19 heavy (non-hydrogen) atoms. The summed E-state index contributed by atoms with van der Waals surface area (Å²) in [6.07, 6.45) is 7.04. The van der Waals surface area contributed by atoms with Gasteiger partial charge in [0.2, 0.25) is 11.7 Å². The Bertz CT molecular complexity index is 528. The lowest BCUT2D eigenvalue weighted by Gasteiger charge is -2.29. The monoisotopic (exact) mass is 260 g/mol. The molecule has 100 valence electrons. The lowest BCUT2D eigenvalue weighted by atomic mass is 10.1. The van der Waals surface area contributed by atoms with Crippen LogP contribution in [0.25, 0.3) is 11.5 Å². The van der Waals surface area contributed by atoms with Crippen LogP contribution in [0.4, 0.5) is 0 Å². The fourth-order valence-corrected chi connectivity index (χ4v) is 2.26. The minimum Gasteiger partial charge on any atom is -0.337 e. The molecule has 0 bridgehead atoms. The molecule has 1 aliphatic heterocycles. The number of piperidine rings is 1. The molecular formula is C12H16N6O. The van der Waals surface area contributed by atoms with Crippen LogP contribution in [0.15, 0.2) is 23.1 Å². The Hall–Kier alpha value is -1.86. The van der Waals surface area contributed by atoms with Gasteiger partial charge in [-0.1, -0.05) is 5.16 Å². The van der Waals surface area contributed by atoms with Crippen LogP contribution in [0.2, 0.25) is 0 Å². The van der Waals surface area contributed by atoms with E-state index in [0.29, 0.717) is 24.0 Å². The highest BCUT2D eigenvalue weighted by atomic mass is 16.5. The smallest absolute Gasteiger partial charge is 0.241 e. The molecule has 7 heteroatoms. The minimum atomic E-state index is 0.246. The predicted octanol–water partition coefficient (Wildman–Crippen LogP) is 0.450. The number of aromatic nitrogens is 4. The number of likely N-dealkylation sites (tertiary alicyclic amines) is 1. The summed E-state index contributed by atoms with van der Waals surface area (Å²) in [6, 6.07) is 0.246. The van der Waals surface area contributed by atoms with Crippen molar-refractivity contribution >= 4 is 0 Å². The molecule has 1 saturated heterocycles. The van der Waals surface area contributed by atoms with E-state index >= 15 is 0 Å². The summed E-state index contributed by atoms with van der Waals surface area (Å²) < 4.78 is 5.25. The van der Waals surface area contributed by atoms with Crippen LogP contribution in [0.3, 0.4) is 0 Å². The van der Waals surface area contributed by atoms with Crippen molar-refractivity contribution in [3.05, 3.63) is 24.5 Å². The average molecular weight is 260 g/mol. The van der Waals surface area contributed by atoms with E-state index in [2.05, 4.69) is 25.0 Å². The van der Waals surface area contributed by atoms with Crippen LogP contribution < -0.4 is 5.73 Å². The molecule has 0 saturated carbocycles. The molecule has 2 aromatic rings. The van der Waals surface area contributed by atoms with Gasteiger partial charge in [0.1, 0.15) is 5.69 Å². The summed E-state index contributed by atoms with van der Waals surface area (Å²) in [5, 5.41) is 3.92. The maximum atomic E-state index is 5.95. The zero-order chi connectivity index (χ0) is 13.1. The van der Waals surface area contributed by atoms with Gasteiger partial charge in [0.25, 0.3) is 0 Å². The van der Waals surface area contributed by atoms with Crippen LogP contribution in [0.5, 0.6) is 0 Å². The molecule has 0 aromatic carbocycles. The standard InChI is InChI=1S/C12H16N6O/c13-9-2-1-5-18(7-9)8-11-16-12(17-19-11)10-6-14-3-4-15-10/h3-4,6,9H,1-2,5,7-8,13H2. The van der Waals surface area contributed by atoms with Crippen molar-refractivity contribution in [1.82, 2.24) is 25.0 Å². The van der Waals surface area contributed by atoms with Gasteiger partial charge in [-0.25, -0.2) is 4.98 Å². The molecule has 2 N–H and O–H groups in total. The van der Waals surface area contributed by atoms with Crippen LogP contribution in [0.1, 0.15) is 18.7 Å². The first-order valence-corrected chi connectivity index (χ1v) is 6.38. The maximum Gasteiger partial charge on any atom is 0.241 e. The second kappa shape index (κ2) is 5.41. The molecule has 0 aliphatic carbocycles. The Morgan fingerprint density at radius 2 is 2.37 bits per heavy atom. The first kappa shape index (κ1) is 12.2. The molecular weight excluding hydrogens is 244 g/mol. The third kappa shape index (κ3) is 2.94. The van der Waals surface area contributed by atoms with E-state index in [1.54, 1.807) is 18.6 Å². The molecule has 3 heterocycles. The average Bonchev–Trinajstić information content (AvgIpc) is 2.88.